The number of benzene rings is 1. The largest absolute Gasteiger partial charge is 0.478 e. The molecule has 0 aliphatic heterocycles. The maximum absolute atomic E-state index is 10.3. The summed E-state index contributed by atoms with van der Waals surface area (Å²) in [6.45, 7) is 1.96. The van der Waals surface area contributed by atoms with Crippen molar-refractivity contribution in [3.63, 3.8) is 0 Å². The summed E-state index contributed by atoms with van der Waals surface area (Å²) in [5.41, 5.74) is 1.90. The van der Waals surface area contributed by atoms with Crippen LogP contribution in [0, 0.1) is 6.92 Å². The van der Waals surface area contributed by atoms with E-state index in [4.69, 9.17) is 9.52 Å². The third-order valence-electron chi connectivity index (χ3n) is 2.07. The van der Waals surface area contributed by atoms with Crippen LogP contribution in [0.2, 0.25) is 0 Å². The van der Waals surface area contributed by atoms with Gasteiger partial charge in [0.2, 0.25) is 11.8 Å². The van der Waals surface area contributed by atoms with Gasteiger partial charge in [-0.2, -0.15) is 0 Å². The summed E-state index contributed by atoms with van der Waals surface area (Å²) in [7, 11) is 0. The molecular formula is C12H10N2O3. The average molecular weight is 230 g/mol. The van der Waals surface area contributed by atoms with Crippen LogP contribution in [0.3, 0.4) is 0 Å². The van der Waals surface area contributed by atoms with Crippen molar-refractivity contribution in [1.82, 2.24) is 10.2 Å². The van der Waals surface area contributed by atoms with Crippen LogP contribution in [0.4, 0.5) is 0 Å². The summed E-state index contributed by atoms with van der Waals surface area (Å²) in [5.74, 6) is -0.511. The number of aryl methyl sites for hydroxylation is 1. The predicted octanol–water partition coefficient (Wildman–Crippen LogP) is 2.14. The normalized spacial score (nSPS) is 10.9. The Balaban J connectivity index is 2.27. The van der Waals surface area contributed by atoms with E-state index in [1.54, 1.807) is 0 Å². The van der Waals surface area contributed by atoms with E-state index in [0.717, 1.165) is 17.2 Å². The molecule has 0 radical (unpaired) electrons. The van der Waals surface area contributed by atoms with Gasteiger partial charge in [-0.15, -0.1) is 10.2 Å². The van der Waals surface area contributed by atoms with E-state index in [-0.39, 0.29) is 5.89 Å². The molecule has 0 saturated heterocycles. The number of carboxylic acid groups (broad SMARTS) is 1. The smallest absolute Gasteiger partial charge is 0.328 e. The lowest BCUT2D eigenvalue weighted by atomic mass is 10.1. The fourth-order valence-corrected chi connectivity index (χ4v) is 1.34. The van der Waals surface area contributed by atoms with Gasteiger partial charge in [-0.1, -0.05) is 17.7 Å². The van der Waals surface area contributed by atoms with E-state index in [0.29, 0.717) is 5.89 Å². The van der Waals surface area contributed by atoms with Gasteiger partial charge in [0.05, 0.1) is 0 Å². The van der Waals surface area contributed by atoms with Gasteiger partial charge < -0.3 is 9.52 Å². The third kappa shape index (κ3) is 2.78. The monoisotopic (exact) mass is 230 g/mol. The van der Waals surface area contributed by atoms with E-state index in [9.17, 15) is 4.79 Å². The molecule has 86 valence electrons. The number of hydrogen-bond donors (Lipinski definition) is 1. The molecule has 1 N–H and O–H groups in total. The third-order valence-corrected chi connectivity index (χ3v) is 2.07. The fourth-order valence-electron chi connectivity index (χ4n) is 1.34. The zero-order valence-electron chi connectivity index (χ0n) is 9.12. The Morgan fingerprint density at radius 2 is 2.24 bits per heavy atom. The van der Waals surface area contributed by atoms with E-state index in [1.807, 2.05) is 31.2 Å². The Hall–Kier alpha value is -2.43. The number of carbonyl (C=O) groups is 1. The van der Waals surface area contributed by atoms with Gasteiger partial charge in [0.25, 0.3) is 0 Å². The highest BCUT2D eigenvalue weighted by Crippen LogP contribution is 2.19. The van der Waals surface area contributed by atoms with Crippen LogP contribution in [-0.4, -0.2) is 21.3 Å². The summed E-state index contributed by atoms with van der Waals surface area (Å²) < 4.78 is 5.30. The summed E-state index contributed by atoms with van der Waals surface area (Å²) in [4.78, 5) is 10.3. The minimum Gasteiger partial charge on any atom is -0.478 e. The van der Waals surface area contributed by atoms with E-state index < -0.39 is 5.97 Å². The van der Waals surface area contributed by atoms with E-state index >= 15 is 0 Å². The molecule has 5 nitrogen and oxygen atoms in total. The molecule has 0 spiro atoms. The number of carboxylic acids is 1. The first-order valence-corrected chi connectivity index (χ1v) is 4.97. The molecule has 0 aliphatic carbocycles. The van der Waals surface area contributed by atoms with Crippen LogP contribution in [0.15, 0.2) is 34.8 Å². The molecule has 1 aromatic carbocycles. The molecule has 5 heteroatoms. The Bertz CT molecular complexity index is 573. The van der Waals surface area contributed by atoms with Crippen LogP contribution in [0.5, 0.6) is 0 Å². The molecule has 0 bridgehead atoms. The summed E-state index contributed by atoms with van der Waals surface area (Å²) in [5, 5.41) is 16.0. The van der Waals surface area contributed by atoms with Crippen molar-refractivity contribution in [3.05, 3.63) is 41.8 Å². The Kier molecular flexibility index (Phi) is 3.00. The van der Waals surface area contributed by atoms with Crippen molar-refractivity contribution in [3.8, 4) is 11.5 Å². The van der Waals surface area contributed by atoms with Crippen molar-refractivity contribution in [1.29, 1.82) is 0 Å². The first-order chi connectivity index (χ1) is 8.15. The van der Waals surface area contributed by atoms with Crippen molar-refractivity contribution in [2.45, 2.75) is 6.92 Å². The minimum absolute atomic E-state index is 0.170. The molecule has 0 saturated carbocycles. The second-order valence-corrected chi connectivity index (χ2v) is 3.49. The van der Waals surface area contributed by atoms with Crippen LogP contribution in [0.1, 0.15) is 11.5 Å². The second kappa shape index (κ2) is 4.61. The molecule has 17 heavy (non-hydrogen) atoms. The lowest BCUT2D eigenvalue weighted by molar-refractivity contribution is -0.131. The highest BCUT2D eigenvalue weighted by Gasteiger charge is 2.06. The van der Waals surface area contributed by atoms with Crippen molar-refractivity contribution in [2.24, 2.45) is 0 Å². The first kappa shape index (κ1) is 11.1. The Labute approximate surface area is 97.4 Å². The molecule has 2 aromatic rings. The van der Waals surface area contributed by atoms with Gasteiger partial charge in [0, 0.05) is 17.7 Å². The molecule has 2 rings (SSSR count). The van der Waals surface area contributed by atoms with Crippen molar-refractivity contribution < 1.29 is 14.3 Å². The lowest BCUT2D eigenvalue weighted by Gasteiger charge is -1.95. The van der Waals surface area contributed by atoms with Gasteiger partial charge in [-0.05, 0) is 19.1 Å². The number of nitrogens with zero attached hydrogens (tertiary/aromatic N) is 2. The molecule has 0 fully saturated rings. The average Bonchev–Trinajstić information content (AvgIpc) is 2.75. The molecule has 0 amide bonds. The maximum atomic E-state index is 10.3. The number of rotatable bonds is 3. The van der Waals surface area contributed by atoms with E-state index in [1.165, 1.54) is 6.08 Å². The molecule has 0 aliphatic rings. The first-order valence-electron chi connectivity index (χ1n) is 4.97. The Morgan fingerprint density at radius 1 is 1.41 bits per heavy atom. The molecule has 0 atom stereocenters. The topological polar surface area (TPSA) is 76.2 Å². The fraction of sp³-hybridized carbons (Fsp3) is 0.0833. The summed E-state index contributed by atoms with van der Waals surface area (Å²) in [6.07, 6.45) is 2.21. The van der Waals surface area contributed by atoms with Gasteiger partial charge in [-0.3, -0.25) is 0 Å². The van der Waals surface area contributed by atoms with Crippen molar-refractivity contribution >= 4 is 12.0 Å². The van der Waals surface area contributed by atoms with Crippen LogP contribution in [-0.2, 0) is 4.79 Å². The van der Waals surface area contributed by atoms with Gasteiger partial charge in [-0.25, -0.2) is 4.79 Å². The predicted molar refractivity (Wildman–Crippen MR) is 61.1 cm³/mol. The van der Waals surface area contributed by atoms with Crippen molar-refractivity contribution in [2.75, 3.05) is 0 Å². The number of aliphatic carboxylic acids is 1. The molecule has 1 heterocycles. The quantitative estimate of drug-likeness (QED) is 0.817. The molecular weight excluding hydrogens is 220 g/mol. The minimum atomic E-state index is -1.06. The standard InChI is InChI=1S/C12H10N2O3/c1-8-3-2-4-9(7-8)12-14-13-10(17-12)5-6-11(15)16/h2-7H,1H3,(H,15,16)/b6-5+. The molecule has 1 aromatic heterocycles. The number of aromatic nitrogens is 2. The SMILES string of the molecule is Cc1cccc(-c2nnc(/C=C/C(=O)O)o2)c1. The summed E-state index contributed by atoms with van der Waals surface area (Å²) in [6, 6.07) is 7.62. The van der Waals surface area contributed by atoms with Gasteiger partial charge >= 0.3 is 5.97 Å². The second-order valence-electron chi connectivity index (χ2n) is 3.49. The van der Waals surface area contributed by atoms with Crippen LogP contribution < -0.4 is 0 Å². The lowest BCUT2D eigenvalue weighted by Crippen LogP contribution is -1.85. The van der Waals surface area contributed by atoms with Crippen LogP contribution in [0.25, 0.3) is 17.5 Å². The number of hydrogen-bond acceptors (Lipinski definition) is 4. The zero-order valence-corrected chi connectivity index (χ0v) is 9.12. The highest BCUT2D eigenvalue weighted by molar-refractivity contribution is 5.84. The Morgan fingerprint density at radius 3 is 2.94 bits per heavy atom. The van der Waals surface area contributed by atoms with Gasteiger partial charge in [0.15, 0.2) is 0 Å². The van der Waals surface area contributed by atoms with Gasteiger partial charge in [0.1, 0.15) is 0 Å². The summed E-state index contributed by atoms with van der Waals surface area (Å²) >= 11 is 0. The highest BCUT2D eigenvalue weighted by atomic mass is 16.4. The zero-order chi connectivity index (χ0) is 12.3. The van der Waals surface area contributed by atoms with E-state index in [2.05, 4.69) is 10.2 Å². The molecule has 0 unspecified atom stereocenters. The maximum Gasteiger partial charge on any atom is 0.328 e. The van der Waals surface area contributed by atoms with Crippen LogP contribution >= 0.6 is 0 Å².